The van der Waals surface area contributed by atoms with Crippen LogP contribution in [0.2, 0.25) is 0 Å². The molecule has 1 atom stereocenters. The van der Waals surface area contributed by atoms with E-state index in [1.807, 2.05) is 0 Å². The highest BCUT2D eigenvalue weighted by Gasteiger charge is 2.32. The van der Waals surface area contributed by atoms with Crippen molar-refractivity contribution >= 4 is 27.1 Å². The van der Waals surface area contributed by atoms with Gasteiger partial charge in [0.05, 0.1) is 5.56 Å². The van der Waals surface area contributed by atoms with Crippen molar-refractivity contribution in [2.24, 2.45) is 0 Å². The molecular weight excluding hydrogens is 281 g/mol. The van der Waals surface area contributed by atoms with Crippen LogP contribution < -0.4 is 0 Å². The van der Waals surface area contributed by atoms with E-state index in [0.29, 0.717) is 0 Å². The molecule has 1 aromatic rings. The van der Waals surface area contributed by atoms with Crippen molar-refractivity contribution in [3.8, 4) is 0 Å². The zero-order valence-corrected chi connectivity index (χ0v) is 9.46. The Bertz CT molecular complexity index is 338. The van der Waals surface area contributed by atoms with Crippen LogP contribution in [0.4, 0.5) is 13.2 Å². The lowest BCUT2D eigenvalue weighted by Crippen LogP contribution is -2.07. The van der Waals surface area contributed by atoms with Gasteiger partial charge in [-0.2, -0.15) is 13.2 Å². The summed E-state index contributed by atoms with van der Waals surface area (Å²) in [7, 11) is 0. The number of alkyl halides is 3. The van der Waals surface area contributed by atoms with Crippen LogP contribution in [0, 0.1) is 0 Å². The van der Waals surface area contributed by atoms with Gasteiger partial charge in [-0.3, -0.25) is 0 Å². The van der Waals surface area contributed by atoms with Gasteiger partial charge in [-0.25, -0.2) is 0 Å². The highest BCUT2D eigenvalue weighted by Crippen LogP contribution is 2.32. The van der Waals surface area contributed by atoms with Gasteiger partial charge in [0, 0.05) is 16.6 Å². The maximum atomic E-state index is 12.3. The number of benzene rings is 1. The van der Waals surface area contributed by atoms with Crippen molar-refractivity contribution in [3.05, 3.63) is 28.2 Å². The minimum Gasteiger partial charge on any atom is -0.612 e. The molecule has 0 saturated carbocycles. The molecule has 0 aliphatic carbocycles. The minimum absolute atomic E-state index is 0.159. The predicted molar refractivity (Wildman–Crippen MR) is 51.5 cm³/mol. The molecule has 0 spiro atoms. The number of halogens is 4. The summed E-state index contributed by atoms with van der Waals surface area (Å²) in [6.45, 7) is 0. The molecule has 0 amide bonds. The van der Waals surface area contributed by atoms with Crippen molar-refractivity contribution in [3.63, 3.8) is 0 Å². The second-order valence-corrected chi connectivity index (χ2v) is 4.92. The van der Waals surface area contributed by atoms with E-state index < -0.39 is 22.9 Å². The largest absolute Gasteiger partial charge is 0.612 e. The molecule has 0 N–H and O–H groups in total. The topological polar surface area (TPSA) is 23.1 Å². The van der Waals surface area contributed by atoms with Gasteiger partial charge in [-0.05, 0) is 17.2 Å². The van der Waals surface area contributed by atoms with Crippen LogP contribution in [0.3, 0.4) is 0 Å². The van der Waals surface area contributed by atoms with Gasteiger partial charge in [0.1, 0.15) is 6.26 Å². The van der Waals surface area contributed by atoms with Gasteiger partial charge < -0.3 is 4.55 Å². The van der Waals surface area contributed by atoms with Gasteiger partial charge in [-0.15, -0.1) is 0 Å². The average molecular weight is 287 g/mol. The third-order valence-electron chi connectivity index (χ3n) is 1.53. The summed E-state index contributed by atoms with van der Waals surface area (Å²) in [6.07, 6.45) is -3.07. The van der Waals surface area contributed by atoms with Gasteiger partial charge in [0.2, 0.25) is 0 Å². The fourth-order valence-electron chi connectivity index (χ4n) is 0.892. The highest BCUT2D eigenvalue weighted by molar-refractivity contribution is 9.10. The molecule has 14 heavy (non-hydrogen) atoms. The second-order valence-electron chi connectivity index (χ2n) is 2.63. The number of hydrogen-bond donors (Lipinski definition) is 0. The van der Waals surface area contributed by atoms with Crippen LogP contribution in [-0.2, 0) is 17.4 Å². The molecular formula is C8H6BrF3OS. The lowest BCUT2D eigenvalue weighted by atomic mass is 10.2. The maximum absolute atomic E-state index is 12.3. The predicted octanol–water partition coefficient (Wildman–Crippen LogP) is 3.21. The third-order valence-corrected chi connectivity index (χ3v) is 2.89. The highest BCUT2D eigenvalue weighted by atomic mass is 79.9. The standard InChI is InChI=1S/C8H6BrF3OS/c1-14(13)7-3-5(8(10,11)12)2-6(9)4-7/h2-4H,1H3. The first-order valence-electron chi connectivity index (χ1n) is 3.52. The summed E-state index contributed by atoms with van der Waals surface area (Å²) >= 11 is 1.52. The van der Waals surface area contributed by atoms with Crippen LogP contribution in [-0.4, -0.2) is 10.8 Å². The van der Waals surface area contributed by atoms with Crippen molar-refractivity contribution in [2.45, 2.75) is 11.1 Å². The van der Waals surface area contributed by atoms with Crippen LogP contribution in [0.5, 0.6) is 0 Å². The Kier molecular flexibility index (Phi) is 3.49. The molecule has 6 heteroatoms. The summed E-state index contributed by atoms with van der Waals surface area (Å²) in [4.78, 5) is 0.159. The van der Waals surface area contributed by atoms with Gasteiger partial charge in [-0.1, -0.05) is 15.9 Å². The smallest absolute Gasteiger partial charge is 0.416 e. The second kappa shape index (κ2) is 4.12. The fraction of sp³-hybridized carbons (Fsp3) is 0.250. The van der Waals surface area contributed by atoms with E-state index in [4.69, 9.17) is 0 Å². The van der Waals surface area contributed by atoms with Crippen LogP contribution in [0.15, 0.2) is 27.6 Å². The van der Waals surface area contributed by atoms with E-state index in [1.54, 1.807) is 0 Å². The Labute approximate surface area is 90.6 Å². The Morgan fingerprint density at radius 1 is 1.29 bits per heavy atom. The molecule has 0 radical (unpaired) electrons. The Hall–Kier alpha value is -0.200. The summed E-state index contributed by atoms with van der Waals surface area (Å²) in [5.41, 5.74) is -0.794. The van der Waals surface area contributed by atoms with Crippen molar-refractivity contribution in [1.29, 1.82) is 0 Å². The Morgan fingerprint density at radius 3 is 2.29 bits per heavy atom. The molecule has 0 aromatic heterocycles. The molecule has 0 bridgehead atoms. The van der Waals surface area contributed by atoms with Crippen molar-refractivity contribution in [1.82, 2.24) is 0 Å². The third kappa shape index (κ3) is 2.90. The van der Waals surface area contributed by atoms with E-state index in [9.17, 15) is 17.7 Å². The number of hydrogen-bond acceptors (Lipinski definition) is 1. The summed E-state index contributed by atoms with van der Waals surface area (Å²) in [6, 6.07) is 3.25. The van der Waals surface area contributed by atoms with E-state index in [0.717, 1.165) is 12.1 Å². The fourth-order valence-corrected chi connectivity index (χ4v) is 2.12. The van der Waals surface area contributed by atoms with E-state index in [2.05, 4.69) is 15.9 Å². The van der Waals surface area contributed by atoms with Crippen LogP contribution >= 0.6 is 15.9 Å². The zero-order valence-electron chi connectivity index (χ0n) is 7.06. The average Bonchev–Trinajstić information content (AvgIpc) is 2.01. The molecule has 0 heterocycles. The lowest BCUT2D eigenvalue weighted by molar-refractivity contribution is -0.137. The maximum Gasteiger partial charge on any atom is 0.416 e. The van der Waals surface area contributed by atoms with E-state index >= 15 is 0 Å². The van der Waals surface area contributed by atoms with Crippen molar-refractivity contribution < 1.29 is 17.7 Å². The molecule has 1 aromatic carbocycles. The van der Waals surface area contributed by atoms with E-state index in [-0.39, 0.29) is 9.37 Å². The first kappa shape index (κ1) is 11.9. The molecule has 0 fully saturated rings. The van der Waals surface area contributed by atoms with Gasteiger partial charge in [0.25, 0.3) is 0 Å². The first-order valence-corrected chi connectivity index (χ1v) is 5.87. The molecule has 1 unspecified atom stereocenters. The Morgan fingerprint density at radius 2 is 1.86 bits per heavy atom. The van der Waals surface area contributed by atoms with Crippen LogP contribution in [0.25, 0.3) is 0 Å². The summed E-state index contributed by atoms with van der Waals surface area (Å²) in [5, 5.41) is 0. The van der Waals surface area contributed by atoms with Crippen molar-refractivity contribution in [2.75, 3.05) is 6.26 Å². The summed E-state index contributed by atoms with van der Waals surface area (Å²) in [5.74, 6) is 0. The molecule has 78 valence electrons. The van der Waals surface area contributed by atoms with E-state index in [1.165, 1.54) is 12.3 Å². The van der Waals surface area contributed by atoms with Crippen LogP contribution in [0.1, 0.15) is 5.56 Å². The minimum atomic E-state index is -4.40. The normalized spacial score (nSPS) is 14.1. The molecule has 1 rings (SSSR count). The molecule has 0 saturated heterocycles. The lowest BCUT2D eigenvalue weighted by Gasteiger charge is -2.10. The molecule has 0 aliphatic heterocycles. The zero-order chi connectivity index (χ0) is 10.9. The molecule has 1 nitrogen and oxygen atoms in total. The summed E-state index contributed by atoms with van der Waals surface area (Å²) < 4.78 is 48.1. The SMILES string of the molecule is C[S+]([O-])c1cc(Br)cc(C(F)(F)F)c1. The molecule has 0 aliphatic rings. The first-order chi connectivity index (χ1) is 6.30. The van der Waals surface area contributed by atoms with Gasteiger partial charge in [0.15, 0.2) is 4.90 Å². The van der Waals surface area contributed by atoms with Gasteiger partial charge >= 0.3 is 6.18 Å². The quantitative estimate of drug-likeness (QED) is 0.727. The Balaban J connectivity index is 3.21. The number of rotatable bonds is 1. The monoisotopic (exact) mass is 286 g/mol.